The molecule has 0 fully saturated rings. The number of hydrogen-bond donors (Lipinski definition) is 2. The molecule has 2 aromatic rings. The number of carbonyl (C=O) groups is 1. The van der Waals surface area contributed by atoms with Crippen LogP contribution < -0.4 is 10.0 Å². The summed E-state index contributed by atoms with van der Waals surface area (Å²) in [7, 11) is -3.93. The molecule has 0 saturated heterocycles. The molecule has 0 aliphatic heterocycles. The summed E-state index contributed by atoms with van der Waals surface area (Å²) < 4.78 is 53.6. The number of amides is 1. The van der Waals surface area contributed by atoms with Gasteiger partial charge >= 0.3 is 0 Å². The molecule has 0 unspecified atom stereocenters. The van der Waals surface area contributed by atoms with Crippen molar-refractivity contribution >= 4 is 21.6 Å². The van der Waals surface area contributed by atoms with E-state index in [-0.39, 0.29) is 4.90 Å². The van der Waals surface area contributed by atoms with E-state index in [1.807, 2.05) is 12.2 Å². The first-order chi connectivity index (χ1) is 11.2. The average molecular weight is 354 g/mol. The maximum Gasteiger partial charge on any atom is 0.242 e. The van der Waals surface area contributed by atoms with Crippen molar-refractivity contribution < 1.29 is 22.0 Å². The molecule has 2 aromatic carbocycles. The Morgan fingerprint density at radius 1 is 1.04 bits per heavy atom. The van der Waals surface area contributed by atoms with Gasteiger partial charge in [-0.05, 0) is 38.1 Å². The zero-order chi connectivity index (χ0) is 17.9. The highest BCUT2D eigenvalue weighted by atomic mass is 32.2. The lowest BCUT2D eigenvalue weighted by molar-refractivity contribution is -0.117. The number of anilines is 1. The Morgan fingerprint density at radius 3 is 2.12 bits per heavy atom. The highest BCUT2D eigenvalue weighted by Crippen LogP contribution is 2.18. The molecule has 1 amide bonds. The second kappa shape index (κ2) is 7.06. The molecule has 0 radical (unpaired) electrons. The molecule has 1 atom stereocenters. The highest BCUT2D eigenvalue weighted by Gasteiger charge is 2.23. The van der Waals surface area contributed by atoms with Crippen molar-refractivity contribution in [3.8, 4) is 0 Å². The van der Waals surface area contributed by atoms with Gasteiger partial charge in [0.25, 0.3) is 0 Å². The minimum atomic E-state index is -3.93. The SMILES string of the molecule is Cc1ccc(S(=O)(=O)N[C@H](C)C(=O)Nc2c(F)cccc2F)cc1. The molecular formula is C16H16F2N2O3S. The van der Waals surface area contributed by atoms with Crippen LogP contribution in [0.1, 0.15) is 12.5 Å². The Kier molecular flexibility index (Phi) is 5.30. The van der Waals surface area contributed by atoms with Gasteiger partial charge in [-0.3, -0.25) is 4.79 Å². The first kappa shape index (κ1) is 18.0. The Hall–Kier alpha value is -2.32. The largest absolute Gasteiger partial charge is 0.320 e. The average Bonchev–Trinajstić information content (AvgIpc) is 2.51. The molecule has 0 heterocycles. The van der Waals surface area contributed by atoms with Crippen molar-refractivity contribution in [1.29, 1.82) is 0 Å². The molecule has 0 aromatic heterocycles. The molecule has 0 spiro atoms. The number of hydrogen-bond acceptors (Lipinski definition) is 3. The summed E-state index contributed by atoms with van der Waals surface area (Å²) in [6.45, 7) is 3.09. The van der Waals surface area contributed by atoms with E-state index in [4.69, 9.17) is 0 Å². The summed E-state index contributed by atoms with van der Waals surface area (Å²) in [6.07, 6.45) is 0. The minimum Gasteiger partial charge on any atom is -0.320 e. The summed E-state index contributed by atoms with van der Waals surface area (Å²) in [4.78, 5) is 12.0. The zero-order valence-corrected chi connectivity index (χ0v) is 13.8. The Labute approximate surface area is 138 Å². The van der Waals surface area contributed by atoms with Gasteiger partial charge in [0.1, 0.15) is 17.3 Å². The van der Waals surface area contributed by atoms with Crippen LogP contribution in [-0.2, 0) is 14.8 Å². The number of benzene rings is 2. The number of sulfonamides is 1. The molecule has 5 nitrogen and oxygen atoms in total. The fraction of sp³-hybridized carbons (Fsp3) is 0.188. The van der Waals surface area contributed by atoms with E-state index in [1.54, 1.807) is 12.1 Å². The van der Waals surface area contributed by atoms with Gasteiger partial charge in [0, 0.05) is 0 Å². The minimum absolute atomic E-state index is 0.00942. The van der Waals surface area contributed by atoms with Crippen LogP contribution in [0.4, 0.5) is 14.5 Å². The number of halogens is 2. The molecule has 0 aliphatic carbocycles. The third-order valence-corrected chi connectivity index (χ3v) is 4.82. The second-order valence-electron chi connectivity index (χ2n) is 5.24. The van der Waals surface area contributed by atoms with Crippen molar-refractivity contribution in [3.05, 3.63) is 59.7 Å². The number of rotatable bonds is 5. The Morgan fingerprint density at radius 2 is 1.58 bits per heavy atom. The van der Waals surface area contributed by atoms with Gasteiger partial charge < -0.3 is 5.32 Å². The van der Waals surface area contributed by atoms with Gasteiger partial charge in [-0.25, -0.2) is 17.2 Å². The van der Waals surface area contributed by atoms with Gasteiger partial charge in [-0.2, -0.15) is 4.72 Å². The van der Waals surface area contributed by atoms with Crippen LogP contribution in [0, 0.1) is 18.6 Å². The Bertz CT molecular complexity index is 832. The quantitative estimate of drug-likeness (QED) is 0.867. The first-order valence-electron chi connectivity index (χ1n) is 7.04. The molecule has 0 aliphatic rings. The third kappa shape index (κ3) is 4.15. The van der Waals surface area contributed by atoms with Crippen LogP contribution in [0.25, 0.3) is 0 Å². The number of aryl methyl sites for hydroxylation is 1. The van der Waals surface area contributed by atoms with E-state index < -0.39 is 39.3 Å². The first-order valence-corrected chi connectivity index (χ1v) is 8.53. The van der Waals surface area contributed by atoms with E-state index in [1.165, 1.54) is 19.1 Å². The topological polar surface area (TPSA) is 75.3 Å². The molecule has 0 saturated carbocycles. The van der Waals surface area contributed by atoms with Gasteiger partial charge in [0.15, 0.2) is 0 Å². The lowest BCUT2D eigenvalue weighted by atomic mass is 10.2. The van der Waals surface area contributed by atoms with Gasteiger partial charge in [0.2, 0.25) is 15.9 Å². The van der Waals surface area contributed by atoms with E-state index in [2.05, 4.69) is 4.72 Å². The molecule has 8 heteroatoms. The predicted molar refractivity (Wildman–Crippen MR) is 86.0 cm³/mol. The molecule has 128 valence electrons. The van der Waals surface area contributed by atoms with E-state index in [9.17, 15) is 22.0 Å². The second-order valence-corrected chi connectivity index (χ2v) is 6.96. The van der Waals surface area contributed by atoms with Crippen LogP contribution in [0.5, 0.6) is 0 Å². The number of nitrogens with one attached hydrogen (secondary N) is 2. The lowest BCUT2D eigenvalue weighted by Gasteiger charge is -2.15. The van der Waals surface area contributed by atoms with Crippen molar-refractivity contribution in [3.63, 3.8) is 0 Å². The fourth-order valence-corrected chi connectivity index (χ4v) is 3.12. The molecule has 2 rings (SSSR count). The third-order valence-electron chi connectivity index (χ3n) is 3.27. The van der Waals surface area contributed by atoms with Gasteiger partial charge in [-0.1, -0.05) is 23.8 Å². The summed E-state index contributed by atoms with van der Waals surface area (Å²) in [6, 6.07) is 7.94. The van der Waals surface area contributed by atoms with Gasteiger partial charge in [0.05, 0.1) is 10.9 Å². The predicted octanol–water partition coefficient (Wildman–Crippen LogP) is 2.58. The van der Waals surface area contributed by atoms with E-state index >= 15 is 0 Å². The molecular weight excluding hydrogens is 338 g/mol. The van der Waals surface area contributed by atoms with Crippen LogP contribution >= 0.6 is 0 Å². The van der Waals surface area contributed by atoms with E-state index in [0.717, 1.165) is 23.8 Å². The van der Waals surface area contributed by atoms with Crippen molar-refractivity contribution in [2.45, 2.75) is 24.8 Å². The van der Waals surface area contributed by atoms with Crippen LogP contribution in [-0.4, -0.2) is 20.4 Å². The van der Waals surface area contributed by atoms with Crippen molar-refractivity contribution in [2.24, 2.45) is 0 Å². The fourth-order valence-electron chi connectivity index (χ4n) is 1.92. The van der Waals surface area contributed by atoms with Crippen LogP contribution in [0.3, 0.4) is 0 Å². The van der Waals surface area contributed by atoms with Crippen LogP contribution in [0.15, 0.2) is 47.4 Å². The lowest BCUT2D eigenvalue weighted by Crippen LogP contribution is -2.41. The standard InChI is InChI=1S/C16H16F2N2O3S/c1-10-6-8-12(9-7-10)24(22,23)20-11(2)16(21)19-15-13(17)4-3-5-14(15)18/h3-9,11,20H,1-2H3,(H,19,21)/t11-/m1/s1. The maximum absolute atomic E-state index is 13.5. The van der Waals surface area contributed by atoms with E-state index in [0.29, 0.717) is 0 Å². The zero-order valence-electron chi connectivity index (χ0n) is 13.0. The highest BCUT2D eigenvalue weighted by molar-refractivity contribution is 7.89. The Balaban J connectivity index is 2.12. The maximum atomic E-state index is 13.5. The molecule has 24 heavy (non-hydrogen) atoms. The molecule has 2 N–H and O–H groups in total. The normalized spacial score (nSPS) is 12.7. The van der Waals surface area contributed by atoms with Crippen molar-refractivity contribution in [2.75, 3.05) is 5.32 Å². The number of para-hydroxylation sites is 1. The monoisotopic (exact) mass is 354 g/mol. The summed E-state index contributed by atoms with van der Waals surface area (Å²) in [5.74, 6) is -2.77. The molecule has 0 bridgehead atoms. The smallest absolute Gasteiger partial charge is 0.242 e. The van der Waals surface area contributed by atoms with Crippen molar-refractivity contribution in [1.82, 2.24) is 4.72 Å². The van der Waals surface area contributed by atoms with Crippen LogP contribution in [0.2, 0.25) is 0 Å². The summed E-state index contributed by atoms with van der Waals surface area (Å²) >= 11 is 0. The summed E-state index contributed by atoms with van der Waals surface area (Å²) in [5, 5.41) is 2.05. The number of carbonyl (C=O) groups excluding carboxylic acids is 1. The van der Waals surface area contributed by atoms with Gasteiger partial charge in [-0.15, -0.1) is 0 Å². The summed E-state index contributed by atoms with van der Waals surface area (Å²) in [5.41, 5.74) is 0.263.